The topological polar surface area (TPSA) is 38.0 Å². The smallest absolute Gasteiger partial charge is 0.396 e. The Kier molecular flexibility index (Phi) is 4.04. The molecule has 0 aliphatic rings. The summed E-state index contributed by atoms with van der Waals surface area (Å²) in [5, 5.41) is 8.56. The Bertz CT molecular complexity index is 841. The van der Waals surface area contributed by atoms with E-state index in [0.29, 0.717) is 11.9 Å². The van der Waals surface area contributed by atoms with Crippen LogP contribution in [0.25, 0.3) is 16.7 Å². The highest BCUT2D eigenvalue weighted by molar-refractivity contribution is 6.32. The number of benzene rings is 2. The van der Waals surface area contributed by atoms with Gasteiger partial charge in [0, 0.05) is 12.3 Å². The highest BCUT2D eigenvalue weighted by Gasteiger charge is 2.33. The highest BCUT2D eigenvalue weighted by Crippen LogP contribution is 2.37. The van der Waals surface area contributed by atoms with Crippen molar-refractivity contribution >= 4 is 22.6 Å². The zero-order chi connectivity index (χ0) is 16.6. The number of aliphatic hydroxyl groups is 1. The van der Waals surface area contributed by atoms with E-state index in [2.05, 4.69) is 4.98 Å². The molecular formula is C16H12ClF3N2O. The number of aliphatic hydroxyl groups excluding tert-OH is 1. The van der Waals surface area contributed by atoms with E-state index in [0.717, 1.165) is 17.3 Å². The Morgan fingerprint density at radius 2 is 1.83 bits per heavy atom. The summed E-state index contributed by atoms with van der Waals surface area (Å²) in [5.74, 6) is 0. The van der Waals surface area contributed by atoms with E-state index in [1.54, 1.807) is 4.57 Å². The van der Waals surface area contributed by atoms with Gasteiger partial charge >= 0.3 is 6.18 Å². The van der Waals surface area contributed by atoms with Crippen LogP contribution in [0, 0.1) is 0 Å². The van der Waals surface area contributed by atoms with Gasteiger partial charge in [0.15, 0.2) is 0 Å². The molecule has 1 N–H and O–H groups in total. The molecule has 0 atom stereocenters. The lowest BCUT2D eigenvalue weighted by Crippen LogP contribution is -2.06. The van der Waals surface area contributed by atoms with Gasteiger partial charge in [-0.25, -0.2) is 4.98 Å². The van der Waals surface area contributed by atoms with Crippen LogP contribution in [0.5, 0.6) is 0 Å². The van der Waals surface area contributed by atoms with Gasteiger partial charge in [0.2, 0.25) is 0 Å². The predicted octanol–water partition coefficient (Wildman–Crippen LogP) is 4.23. The van der Waals surface area contributed by atoms with E-state index in [9.17, 15) is 13.2 Å². The van der Waals surface area contributed by atoms with E-state index in [4.69, 9.17) is 16.7 Å². The fourth-order valence-electron chi connectivity index (χ4n) is 2.41. The van der Waals surface area contributed by atoms with E-state index < -0.39 is 11.7 Å². The van der Waals surface area contributed by atoms with Gasteiger partial charge in [0.1, 0.15) is 6.33 Å². The lowest BCUT2D eigenvalue weighted by molar-refractivity contribution is -0.137. The van der Waals surface area contributed by atoms with Crippen molar-refractivity contribution in [1.29, 1.82) is 0 Å². The van der Waals surface area contributed by atoms with Crippen LogP contribution >= 0.6 is 11.6 Å². The molecule has 1 heterocycles. The number of nitrogens with zero attached hydrogens (tertiary/aromatic N) is 2. The maximum Gasteiger partial charge on any atom is 0.417 e. The molecule has 0 aliphatic carbocycles. The molecule has 120 valence electrons. The lowest BCUT2D eigenvalue weighted by Gasteiger charge is -2.10. The molecule has 0 amide bonds. The van der Waals surface area contributed by atoms with Crippen LogP contribution in [-0.4, -0.2) is 21.3 Å². The second-order valence-corrected chi connectivity index (χ2v) is 5.48. The van der Waals surface area contributed by atoms with Gasteiger partial charge < -0.3 is 5.11 Å². The molecule has 0 spiro atoms. The Labute approximate surface area is 134 Å². The number of halogens is 4. The van der Waals surface area contributed by atoms with Crippen LogP contribution in [0.3, 0.4) is 0 Å². The Morgan fingerprint density at radius 3 is 2.43 bits per heavy atom. The fraction of sp³-hybridized carbons (Fsp3) is 0.188. The van der Waals surface area contributed by atoms with Crippen molar-refractivity contribution in [2.75, 3.05) is 6.61 Å². The number of imidazole rings is 1. The third-order valence-corrected chi connectivity index (χ3v) is 3.87. The second kappa shape index (κ2) is 5.86. The average molecular weight is 341 g/mol. The minimum atomic E-state index is -4.51. The maximum atomic E-state index is 12.9. The van der Waals surface area contributed by atoms with Crippen LogP contribution in [0.2, 0.25) is 5.02 Å². The monoisotopic (exact) mass is 340 g/mol. The van der Waals surface area contributed by atoms with Crippen LogP contribution in [0.4, 0.5) is 13.2 Å². The number of aromatic nitrogens is 2. The summed E-state index contributed by atoms with van der Waals surface area (Å²) in [4.78, 5) is 4.03. The predicted molar refractivity (Wildman–Crippen MR) is 81.9 cm³/mol. The average Bonchev–Trinajstić information content (AvgIpc) is 2.89. The summed E-state index contributed by atoms with van der Waals surface area (Å²) >= 11 is 5.78. The first-order valence-corrected chi connectivity index (χ1v) is 7.22. The van der Waals surface area contributed by atoms with Crippen molar-refractivity contribution in [2.24, 2.45) is 0 Å². The molecule has 3 nitrogen and oxygen atoms in total. The molecule has 0 radical (unpaired) electrons. The SMILES string of the molecule is OCCc1ccc(-n2cnc3cc(C(F)(F)F)c(Cl)cc32)cc1. The van der Waals surface area contributed by atoms with Gasteiger partial charge in [0.05, 0.1) is 21.6 Å². The number of hydrogen-bond acceptors (Lipinski definition) is 2. The molecule has 0 fully saturated rings. The minimum absolute atomic E-state index is 0.0587. The van der Waals surface area contributed by atoms with Crippen LogP contribution in [0.15, 0.2) is 42.7 Å². The standard InChI is InChI=1S/C16H12ClF3N2O/c17-13-8-15-14(7-12(13)16(18,19)20)21-9-22(15)11-3-1-10(2-4-11)5-6-23/h1-4,7-9,23H,5-6H2. The first kappa shape index (κ1) is 15.8. The molecule has 2 aromatic carbocycles. The van der Waals surface area contributed by atoms with Gasteiger partial charge in [-0.1, -0.05) is 23.7 Å². The number of rotatable bonds is 3. The van der Waals surface area contributed by atoms with E-state index in [-0.39, 0.29) is 17.1 Å². The zero-order valence-electron chi connectivity index (χ0n) is 11.8. The van der Waals surface area contributed by atoms with Crippen LogP contribution in [-0.2, 0) is 12.6 Å². The van der Waals surface area contributed by atoms with Gasteiger partial charge in [-0.15, -0.1) is 0 Å². The molecule has 0 saturated heterocycles. The summed E-state index contributed by atoms with van der Waals surface area (Å²) in [6, 6.07) is 9.56. The normalized spacial score (nSPS) is 12.0. The third kappa shape index (κ3) is 3.04. The van der Waals surface area contributed by atoms with Gasteiger partial charge in [-0.3, -0.25) is 4.57 Å². The number of fused-ring (bicyclic) bond motifs is 1. The molecule has 0 unspecified atom stereocenters. The minimum Gasteiger partial charge on any atom is -0.396 e. The van der Waals surface area contributed by atoms with E-state index >= 15 is 0 Å². The molecule has 3 rings (SSSR count). The summed E-state index contributed by atoms with van der Waals surface area (Å²) in [5.41, 5.74) is 1.55. The van der Waals surface area contributed by atoms with Crippen molar-refractivity contribution in [1.82, 2.24) is 9.55 Å². The van der Waals surface area contributed by atoms with Crippen LogP contribution in [0.1, 0.15) is 11.1 Å². The highest BCUT2D eigenvalue weighted by atomic mass is 35.5. The Hall–Kier alpha value is -2.05. The van der Waals surface area contributed by atoms with Gasteiger partial charge in [0.25, 0.3) is 0 Å². The van der Waals surface area contributed by atoms with Crippen molar-refractivity contribution < 1.29 is 18.3 Å². The summed E-state index contributed by atoms with van der Waals surface area (Å²) < 4.78 is 40.3. The molecule has 0 aliphatic heterocycles. The Balaban J connectivity index is 2.07. The fourth-order valence-corrected chi connectivity index (χ4v) is 2.67. The first-order valence-electron chi connectivity index (χ1n) is 6.84. The van der Waals surface area contributed by atoms with Crippen molar-refractivity contribution in [2.45, 2.75) is 12.6 Å². The molecule has 3 aromatic rings. The number of alkyl halides is 3. The largest absolute Gasteiger partial charge is 0.417 e. The summed E-state index contributed by atoms with van der Waals surface area (Å²) in [6.07, 6.45) is -2.51. The van der Waals surface area contributed by atoms with Gasteiger partial charge in [-0.05, 0) is 36.2 Å². The molecule has 1 aromatic heterocycles. The molecule has 7 heteroatoms. The summed E-state index contributed by atoms with van der Waals surface area (Å²) in [6.45, 7) is 0.0587. The molecular weight excluding hydrogens is 329 g/mol. The number of hydrogen-bond donors (Lipinski definition) is 1. The first-order chi connectivity index (χ1) is 10.9. The zero-order valence-corrected chi connectivity index (χ0v) is 12.6. The third-order valence-electron chi connectivity index (χ3n) is 3.56. The maximum absolute atomic E-state index is 12.9. The quantitative estimate of drug-likeness (QED) is 0.774. The molecule has 23 heavy (non-hydrogen) atoms. The van der Waals surface area contributed by atoms with Crippen molar-refractivity contribution in [3.05, 3.63) is 58.9 Å². The van der Waals surface area contributed by atoms with E-state index in [1.165, 1.54) is 12.4 Å². The summed E-state index contributed by atoms with van der Waals surface area (Å²) in [7, 11) is 0. The van der Waals surface area contributed by atoms with Crippen LogP contribution < -0.4 is 0 Å². The van der Waals surface area contributed by atoms with E-state index in [1.807, 2.05) is 24.3 Å². The molecule has 0 saturated carbocycles. The Morgan fingerprint density at radius 1 is 1.13 bits per heavy atom. The lowest BCUT2D eigenvalue weighted by atomic mass is 10.1. The van der Waals surface area contributed by atoms with Crippen molar-refractivity contribution in [3.63, 3.8) is 0 Å². The second-order valence-electron chi connectivity index (χ2n) is 5.07. The van der Waals surface area contributed by atoms with Gasteiger partial charge in [-0.2, -0.15) is 13.2 Å². The molecule has 0 bridgehead atoms. The van der Waals surface area contributed by atoms with Crippen molar-refractivity contribution in [3.8, 4) is 5.69 Å².